The molecule has 100 valence electrons. The Morgan fingerprint density at radius 3 is 2.26 bits per heavy atom. The molecule has 0 aliphatic rings. The summed E-state index contributed by atoms with van der Waals surface area (Å²) in [4.78, 5) is 0. The van der Waals surface area contributed by atoms with Crippen LogP contribution in [0.3, 0.4) is 0 Å². The van der Waals surface area contributed by atoms with Gasteiger partial charge < -0.3 is 15.5 Å². The molecule has 0 amide bonds. The molecule has 1 unspecified atom stereocenters. The molecule has 3 nitrogen and oxygen atoms in total. The molecule has 5 heteroatoms. The Hall–Kier alpha value is -1.20. The summed E-state index contributed by atoms with van der Waals surface area (Å²) in [5.74, 6) is 0.105. The van der Waals surface area contributed by atoms with Gasteiger partial charge in [0.2, 0.25) is 0 Å². The second kappa shape index (κ2) is 5.84. The van der Waals surface area contributed by atoms with Crippen LogP contribution >= 0.6 is 31.9 Å². The zero-order chi connectivity index (χ0) is 14.0. The van der Waals surface area contributed by atoms with Gasteiger partial charge in [-0.25, -0.2) is 0 Å². The monoisotopic (exact) mass is 385 g/mol. The molecule has 19 heavy (non-hydrogen) atoms. The molecule has 2 aromatic carbocycles. The molecule has 0 saturated carbocycles. The first-order chi connectivity index (χ1) is 8.95. The van der Waals surface area contributed by atoms with E-state index < -0.39 is 0 Å². The Morgan fingerprint density at radius 1 is 1.00 bits per heavy atom. The Morgan fingerprint density at radius 2 is 1.63 bits per heavy atom. The highest BCUT2D eigenvalue weighted by Gasteiger charge is 2.10. The summed E-state index contributed by atoms with van der Waals surface area (Å²) in [5.41, 5.74) is 1.74. The lowest BCUT2D eigenvalue weighted by Gasteiger charge is -2.17. The van der Waals surface area contributed by atoms with Crippen LogP contribution in [0.15, 0.2) is 45.3 Å². The van der Waals surface area contributed by atoms with Crippen molar-refractivity contribution < 1.29 is 10.2 Å². The van der Waals surface area contributed by atoms with E-state index in [0.29, 0.717) is 0 Å². The van der Waals surface area contributed by atoms with Gasteiger partial charge in [-0.05, 0) is 58.7 Å². The van der Waals surface area contributed by atoms with E-state index in [-0.39, 0.29) is 17.5 Å². The first kappa shape index (κ1) is 14.2. The van der Waals surface area contributed by atoms with Gasteiger partial charge in [0, 0.05) is 21.1 Å². The quantitative estimate of drug-likeness (QED) is 0.710. The second-order valence-electron chi connectivity index (χ2n) is 4.27. The summed E-state index contributed by atoms with van der Waals surface area (Å²) >= 11 is 6.90. The number of phenolic OH excluding ortho intramolecular Hbond substituents is 2. The van der Waals surface area contributed by atoms with E-state index in [9.17, 15) is 10.2 Å². The largest absolute Gasteiger partial charge is 0.508 e. The standard InChI is InChI=1S/C14H13Br2NO2/c1-8(9-4-11(18)7-12(19)5-9)17-14-6-10(15)2-3-13(14)16/h2-8,17-19H,1H3. The third-order valence-electron chi connectivity index (χ3n) is 2.73. The minimum atomic E-state index is -0.0522. The molecule has 0 spiro atoms. The molecule has 1 atom stereocenters. The number of aromatic hydroxyl groups is 2. The van der Waals surface area contributed by atoms with Crippen molar-refractivity contribution in [2.45, 2.75) is 13.0 Å². The predicted molar refractivity (Wildman–Crippen MR) is 83.7 cm³/mol. The molecule has 0 saturated heterocycles. The summed E-state index contributed by atoms with van der Waals surface area (Å²) < 4.78 is 1.93. The van der Waals surface area contributed by atoms with Crippen LogP contribution < -0.4 is 5.32 Å². The normalized spacial score (nSPS) is 12.2. The minimum absolute atomic E-state index is 0.0522. The fourth-order valence-corrected chi connectivity index (χ4v) is 2.51. The van der Waals surface area contributed by atoms with E-state index in [1.807, 2.05) is 25.1 Å². The SMILES string of the molecule is CC(Nc1cc(Br)ccc1Br)c1cc(O)cc(O)c1. The number of phenols is 2. The van der Waals surface area contributed by atoms with Crippen molar-refractivity contribution in [2.75, 3.05) is 5.32 Å². The molecule has 3 N–H and O–H groups in total. The summed E-state index contributed by atoms with van der Waals surface area (Å²) in [7, 11) is 0. The average molecular weight is 387 g/mol. The van der Waals surface area contributed by atoms with Gasteiger partial charge >= 0.3 is 0 Å². The molecule has 0 aliphatic carbocycles. The molecule has 0 aliphatic heterocycles. The zero-order valence-electron chi connectivity index (χ0n) is 10.2. The maximum atomic E-state index is 9.50. The van der Waals surface area contributed by atoms with Crippen molar-refractivity contribution in [3.05, 3.63) is 50.9 Å². The van der Waals surface area contributed by atoms with Crippen molar-refractivity contribution in [1.82, 2.24) is 0 Å². The number of halogens is 2. The fraction of sp³-hybridized carbons (Fsp3) is 0.143. The maximum Gasteiger partial charge on any atom is 0.119 e. The Balaban J connectivity index is 2.25. The number of anilines is 1. The lowest BCUT2D eigenvalue weighted by molar-refractivity contribution is 0.448. The van der Waals surface area contributed by atoms with Crippen LogP contribution in [0, 0.1) is 0 Å². The van der Waals surface area contributed by atoms with Crippen LogP contribution in [0.2, 0.25) is 0 Å². The van der Waals surface area contributed by atoms with E-state index in [4.69, 9.17) is 0 Å². The van der Waals surface area contributed by atoms with Gasteiger partial charge in [0.05, 0.1) is 5.69 Å². The van der Waals surface area contributed by atoms with Gasteiger partial charge in [-0.15, -0.1) is 0 Å². The van der Waals surface area contributed by atoms with E-state index in [2.05, 4.69) is 37.2 Å². The number of hydrogen-bond donors (Lipinski definition) is 3. The Kier molecular flexibility index (Phi) is 4.37. The molecule has 0 fully saturated rings. The lowest BCUT2D eigenvalue weighted by Crippen LogP contribution is -2.07. The molecule has 0 heterocycles. The zero-order valence-corrected chi connectivity index (χ0v) is 13.4. The third kappa shape index (κ3) is 3.64. The Bertz CT molecular complexity index is 582. The number of rotatable bonds is 3. The fourth-order valence-electron chi connectivity index (χ4n) is 1.79. The highest BCUT2D eigenvalue weighted by atomic mass is 79.9. The minimum Gasteiger partial charge on any atom is -0.508 e. The van der Waals surface area contributed by atoms with Gasteiger partial charge in [-0.2, -0.15) is 0 Å². The van der Waals surface area contributed by atoms with Gasteiger partial charge in [0.1, 0.15) is 11.5 Å². The molecule has 0 bridgehead atoms. The topological polar surface area (TPSA) is 52.5 Å². The first-order valence-electron chi connectivity index (χ1n) is 5.70. The van der Waals surface area contributed by atoms with Crippen molar-refractivity contribution in [3.63, 3.8) is 0 Å². The highest BCUT2D eigenvalue weighted by Crippen LogP contribution is 2.31. The predicted octanol–water partition coefficient (Wildman–Crippen LogP) is 4.80. The van der Waals surface area contributed by atoms with Crippen LogP contribution in [-0.4, -0.2) is 10.2 Å². The molecule has 0 aromatic heterocycles. The highest BCUT2D eigenvalue weighted by molar-refractivity contribution is 9.11. The smallest absolute Gasteiger partial charge is 0.119 e. The molecular formula is C14H13Br2NO2. The third-order valence-corrected chi connectivity index (χ3v) is 3.91. The summed E-state index contributed by atoms with van der Waals surface area (Å²) in [6.07, 6.45) is 0. The van der Waals surface area contributed by atoms with E-state index in [1.54, 1.807) is 12.1 Å². The van der Waals surface area contributed by atoms with Gasteiger partial charge in [0.15, 0.2) is 0 Å². The van der Waals surface area contributed by atoms with Gasteiger partial charge in [0.25, 0.3) is 0 Å². The van der Waals surface area contributed by atoms with Crippen LogP contribution in [0.1, 0.15) is 18.5 Å². The van der Waals surface area contributed by atoms with E-state index >= 15 is 0 Å². The molecule has 2 rings (SSSR count). The maximum absolute atomic E-state index is 9.50. The Labute approximate surface area is 128 Å². The number of benzene rings is 2. The second-order valence-corrected chi connectivity index (χ2v) is 6.04. The summed E-state index contributed by atoms with van der Waals surface area (Å²) in [6, 6.07) is 10.4. The molecule has 0 radical (unpaired) electrons. The van der Waals surface area contributed by atoms with Crippen LogP contribution in [0.4, 0.5) is 5.69 Å². The molecular weight excluding hydrogens is 374 g/mol. The number of hydrogen-bond acceptors (Lipinski definition) is 3. The van der Waals surface area contributed by atoms with E-state index in [0.717, 1.165) is 20.2 Å². The van der Waals surface area contributed by atoms with Crippen molar-refractivity contribution in [3.8, 4) is 11.5 Å². The van der Waals surface area contributed by atoms with Crippen LogP contribution in [-0.2, 0) is 0 Å². The van der Waals surface area contributed by atoms with Crippen molar-refractivity contribution in [2.24, 2.45) is 0 Å². The summed E-state index contributed by atoms with van der Waals surface area (Å²) in [6.45, 7) is 1.96. The average Bonchev–Trinajstić information content (AvgIpc) is 2.32. The molecule has 2 aromatic rings. The van der Waals surface area contributed by atoms with Crippen molar-refractivity contribution >= 4 is 37.5 Å². The van der Waals surface area contributed by atoms with Crippen LogP contribution in [0.25, 0.3) is 0 Å². The number of nitrogens with one attached hydrogen (secondary N) is 1. The van der Waals surface area contributed by atoms with Gasteiger partial charge in [-0.3, -0.25) is 0 Å². The van der Waals surface area contributed by atoms with Crippen molar-refractivity contribution in [1.29, 1.82) is 0 Å². The summed E-state index contributed by atoms with van der Waals surface area (Å²) in [5, 5.41) is 22.3. The van der Waals surface area contributed by atoms with Gasteiger partial charge in [-0.1, -0.05) is 15.9 Å². The first-order valence-corrected chi connectivity index (χ1v) is 7.29. The van der Waals surface area contributed by atoms with E-state index in [1.165, 1.54) is 6.07 Å². The lowest BCUT2D eigenvalue weighted by atomic mass is 10.1. The van der Waals surface area contributed by atoms with Crippen LogP contribution in [0.5, 0.6) is 11.5 Å².